The fourth-order valence-corrected chi connectivity index (χ4v) is 3.05. The van der Waals surface area contributed by atoms with E-state index in [1.54, 1.807) is 18.2 Å². The van der Waals surface area contributed by atoms with Gasteiger partial charge >= 0.3 is 0 Å². The van der Waals surface area contributed by atoms with Crippen molar-refractivity contribution in [2.45, 2.75) is 4.90 Å². The van der Waals surface area contributed by atoms with Crippen molar-refractivity contribution < 1.29 is 13.2 Å². The van der Waals surface area contributed by atoms with Gasteiger partial charge in [0.25, 0.3) is 15.9 Å². The predicted molar refractivity (Wildman–Crippen MR) is 80.2 cm³/mol. The summed E-state index contributed by atoms with van der Waals surface area (Å²) in [6.45, 7) is 0. The predicted octanol–water partition coefficient (Wildman–Crippen LogP) is 3.22. The Balaban J connectivity index is 2.27. The third kappa shape index (κ3) is 3.39. The molecule has 2 aromatic carbocycles. The summed E-state index contributed by atoms with van der Waals surface area (Å²) < 4.78 is 26.6. The van der Waals surface area contributed by atoms with E-state index >= 15 is 0 Å². The van der Waals surface area contributed by atoms with Crippen molar-refractivity contribution in [2.24, 2.45) is 0 Å². The van der Waals surface area contributed by atoms with Gasteiger partial charge in [-0.05, 0) is 52.3 Å². The van der Waals surface area contributed by atoms with Gasteiger partial charge in [0.2, 0.25) is 0 Å². The van der Waals surface area contributed by atoms with E-state index in [0.717, 1.165) is 0 Å². The fraction of sp³-hybridized carbons (Fsp3) is 0. The van der Waals surface area contributed by atoms with Crippen LogP contribution in [0.2, 0.25) is 5.02 Å². The summed E-state index contributed by atoms with van der Waals surface area (Å²) in [4.78, 5) is 11.9. The van der Waals surface area contributed by atoms with Gasteiger partial charge in [0.15, 0.2) is 0 Å². The molecule has 0 aromatic heterocycles. The SMILES string of the molecule is O=C(NS(=O)(=O)c1ccc(Cl)cc1)c1ccccc1Br. The Kier molecular flexibility index (Phi) is 4.47. The van der Waals surface area contributed by atoms with Gasteiger partial charge in [-0.1, -0.05) is 23.7 Å². The van der Waals surface area contributed by atoms with Gasteiger partial charge in [-0.3, -0.25) is 4.79 Å². The standard InChI is InChI=1S/C13H9BrClNO3S/c14-12-4-2-1-3-11(12)13(17)16-20(18,19)10-7-5-9(15)6-8-10/h1-8H,(H,16,17). The van der Waals surface area contributed by atoms with Gasteiger partial charge in [-0.25, -0.2) is 13.1 Å². The minimum Gasteiger partial charge on any atom is -0.268 e. The van der Waals surface area contributed by atoms with Crippen LogP contribution in [0.4, 0.5) is 0 Å². The highest BCUT2D eigenvalue weighted by Crippen LogP contribution is 2.18. The summed E-state index contributed by atoms with van der Waals surface area (Å²) in [6, 6.07) is 12.1. The first kappa shape index (κ1) is 15.0. The average Bonchev–Trinajstić information content (AvgIpc) is 2.39. The van der Waals surface area contributed by atoms with E-state index in [4.69, 9.17) is 11.6 Å². The first-order valence-electron chi connectivity index (χ1n) is 5.47. The van der Waals surface area contributed by atoms with Crippen LogP contribution in [0, 0.1) is 0 Å². The number of sulfonamides is 1. The quantitative estimate of drug-likeness (QED) is 0.897. The van der Waals surface area contributed by atoms with Crippen molar-refractivity contribution in [1.82, 2.24) is 4.72 Å². The zero-order valence-corrected chi connectivity index (χ0v) is 13.2. The van der Waals surface area contributed by atoms with Gasteiger partial charge in [-0.2, -0.15) is 0 Å². The van der Waals surface area contributed by atoms with E-state index in [2.05, 4.69) is 15.9 Å². The van der Waals surface area contributed by atoms with Crippen LogP contribution in [0.5, 0.6) is 0 Å². The fourth-order valence-electron chi connectivity index (χ4n) is 1.50. The van der Waals surface area contributed by atoms with Crippen LogP contribution in [0.1, 0.15) is 10.4 Å². The molecule has 0 radical (unpaired) electrons. The Hall–Kier alpha value is -1.37. The molecule has 1 N–H and O–H groups in total. The van der Waals surface area contributed by atoms with Crippen LogP contribution < -0.4 is 4.72 Å². The lowest BCUT2D eigenvalue weighted by atomic mass is 10.2. The molecule has 4 nitrogen and oxygen atoms in total. The molecule has 104 valence electrons. The van der Waals surface area contributed by atoms with Crippen molar-refractivity contribution in [1.29, 1.82) is 0 Å². The number of carbonyl (C=O) groups is 1. The highest BCUT2D eigenvalue weighted by atomic mass is 79.9. The third-order valence-electron chi connectivity index (χ3n) is 2.47. The van der Waals surface area contributed by atoms with E-state index in [9.17, 15) is 13.2 Å². The summed E-state index contributed by atoms with van der Waals surface area (Å²) in [5.41, 5.74) is 0.241. The van der Waals surface area contributed by atoms with Crippen LogP contribution in [-0.4, -0.2) is 14.3 Å². The number of carbonyl (C=O) groups excluding carboxylic acids is 1. The monoisotopic (exact) mass is 373 g/mol. The third-order valence-corrected chi connectivity index (χ3v) is 4.76. The molecule has 0 spiro atoms. The topological polar surface area (TPSA) is 63.2 Å². The van der Waals surface area contributed by atoms with Crippen LogP contribution in [0.15, 0.2) is 57.9 Å². The zero-order valence-electron chi connectivity index (χ0n) is 10.0. The largest absolute Gasteiger partial charge is 0.268 e. The molecule has 0 saturated heterocycles. The van der Waals surface area contributed by atoms with Crippen molar-refractivity contribution in [3.05, 3.63) is 63.6 Å². The first-order valence-corrected chi connectivity index (χ1v) is 8.13. The van der Waals surface area contributed by atoms with Gasteiger partial charge in [0, 0.05) is 9.50 Å². The summed E-state index contributed by atoms with van der Waals surface area (Å²) >= 11 is 8.89. The number of nitrogens with one attached hydrogen (secondary N) is 1. The lowest BCUT2D eigenvalue weighted by Crippen LogP contribution is -2.30. The molecule has 7 heteroatoms. The van der Waals surface area contributed by atoms with Crippen molar-refractivity contribution in [2.75, 3.05) is 0 Å². The van der Waals surface area contributed by atoms with Gasteiger partial charge < -0.3 is 0 Å². The van der Waals surface area contributed by atoms with E-state index in [-0.39, 0.29) is 10.5 Å². The van der Waals surface area contributed by atoms with Crippen LogP contribution in [0.3, 0.4) is 0 Å². The second kappa shape index (κ2) is 5.95. The minimum absolute atomic E-state index is 0.0256. The summed E-state index contributed by atoms with van der Waals surface area (Å²) in [5, 5.41) is 0.418. The van der Waals surface area contributed by atoms with E-state index in [1.165, 1.54) is 30.3 Å². The maximum Gasteiger partial charge on any atom is 0.266 e. The Morgan fingerprint density at radius 3 is 2.25 bits per heavy atom. The highest BCUT2D eigenvalue weighted by molar-refractivity contribution is 9.10. The molecule has 0 bridgehead atoms. The lowest BCUT2D eigenvalue weighted by molar-refractivity contribution is 0.0980. The molecule has 1 amide bonds. The number of benzene rings is 2. The second-order valence-electron chi connectivity index (χ2n) is 3.87. The normalized spacial score (nSPS) is 11.1. The Morgan fingerprint density at radius 2 is 1.65 bits per heavy atom. The molecule has 0 aliphatic heterocycles. The van der Waals surface area contributed by atoms with Crippen LogP contribution in [0.25, 0.3) is 0 Å². The second-order valence-corrected chi connectivity index (χ2v) is 6.84. The first-order chi connectivity index (χ1) is 9.40. The molecular formula is C13H9BrClNO3S. The van der Waals surface area contributed by atoms with Crippen LogP contribution in [-0.2, 0) is 10.0 Å². The number of halogens is 2. The van der Waals surface area contributed by atoms with Gasteiger partial charge in [-0.15, -0.1) is 0 Å². The summed E-state index contributed by atoms with van der Waals surface area (Å²) in [6.07, 6.45) is 0. The highest BCUT2D eigenvalue weighted by Gasteiger charge is 2.19. The molecule has 2 rings (SSSR count). The Labute approximate surface area is 129 Å². The summed E-state index contributed by atoms with van der Waals surface area (Å²) in [5.74, 6) is -0.701. The number of rotatable bonds is 3. The molecule has 0 heterocycles. The Morgan fingerprint density at radius 1 is 1.05 bits per heavy atom. The summed E-state index contributed by atoms with van der Waals surface area (Å²) in [7, 11) is -3.92. The van der Waals surface area contributed by atoms with Gasteiger partial charge in [0.05, 0.1) is 10.5 Å². The molecule has 0 fully saturated rings. The van der Waals surface area contributed by atoms with E-state index in [1.807, 2.05) is 4.72 Å². The van der Waals surface area contributed by atoms with Crippen molar-refractivity contribution in [3.63, 3.8) is 0 Å². The van der Waals surface area contributed by atoms with Crippen molar-refractivity contribution >= 4 is 43.5 Å². The Bertz CT molecular complexity index is 744. The molecular weight excluding hydrogens is 366 g/mol. The van der Waals surface area contributed by atoms with Crippen molar-refractivity contribution in [3.8, 4) is 0 Å². The molecule has 0 saturated carbocycles. The lowest BCUT2D eigenvalue weighted by Gasteiger charge is -2.08. The number of hydrogen-bond acceptors (Lipinski definition) is 3. The molecule has 0 aliphatic carbocycles. The maximum absolute atomic E-state index is 12.0. The van der Waals surface area contributed by atoms with Crippen LogP contribution >= 0.6 is 27.5 Å². The van der Waals surface area contributed by atoms with E-state index in [0.29, 0.717) is 9.50 Å². The molecule has 20 heavy (non-hydrogen) atoms. The molecule has 0 atom stereocenters. The molecule has 0 aliphatic rings. The zero-order chi connectivity index (χ0) is 14.8. The molecule has 0 unspecified atom stereocenters. The smallest absolute Gasteiger partial charge is 0.266 e. The number of hydrogen-bond donors (Lipinski definition) is 1. The number of amides is 1. The maximum atomic E-state index is 12.0. The average molecular weight is 375 g/mol. The van der Waals surface area contributed by atoms with Gasteiger partial charge in [0.1, 0.15) is 0 Å². The van der Waals surface area contributed by atoms with E-state index < -0.39 is 15.9 Å². The minimum atomic E-state index is -3.92. The molecule has 2 aromatic rings.